The number of hydrogen-bond donors (Lipinski definition) is 3. The van der Waals surface area contributed by atoms with Crippen LogP contribution in [0.3, 0.4) is 0 Å². The highest BCUT2D eigenvalue weighted by atomic mass is 16.3. The van der Waals surface area contributed by atoms with Gasteiger partial charge < -0.3 is 20.8 Å². The molecule has 2 atom stereocenters. The lowest BCUT2D eigenvalue weighted by molar-refractivity contribution is 0.0739. The number of aromatic hydroxyl groups is 2. The Balaban J connectivity index is 2.24. The predicted octanol–water partition coefficient (Wildman–Crippen LogP) is 0.907. The Bertz CT molecular complexity index is 462. The van der Waals surface area contributed by atoms with Gasteiger partial charge in [0, 0.05) is 12.6 Å². The number of carbonyl (C=O) groups is 1. The molecule has 0 aromatic heterocycles. The second-order valence-electron chi connectivity index (χ2n) is 4.82. The second-order valence-corrected chi connectivity index (χ2v) is 4.82. The van der Waals surface area contributed by atoms with E-state index in [-0.39, 0.29) is 29.0 Å². The zero-order chi connectivity index (χ0) is 13.3. The maximum atomic E-state index is 12.3. The third kappa shape index (κ3) is 2.13. The van der Waals surface area contributed by atoms with Crippen molar-refractivity contribution in [1.82, 2.24) is 4.90 Å². The van der Waals surface area contributed by atoms with Gasteiger partial charge in [-0.3, -0.25) is 4.79 Å². The number of phenolic OH excluding ortho intramolecular Hbond substituents is 2. The molecule has 5 nitrogen and oxygen atoms in total. The van der Waals surface area contributed by atoms with Crippen LogP contribution in [0, 0.1) is 5.92 Å². The largest absolute Gasteiger partial charge is 0.504 e. The Kier molecular flexibility index (Phi) is 3.43. The summed E-state index contributed by atoms with van der Waals surface area (Å²) >= 11 is 0. The van der Waals surface area contributed by atoms with Gasteiger partial charge >= 0.3 is 0 Å². The standard InChI is InChI=1S/C13H18N2O3/c1-8-5-9(6-14)7-15(8)13(18)10-3-2-4-11(16)12(10)17/h2-4,8-9,16-17H,5-7,14H2,1H3. The third-order valence-electron chi connectivity index (χ3n) is 3.50. The lowest BCUT2D eigenvalue weighted by Gasteiger charge is -2.22. The molecule has 0 spiro atoms. The number of hydrogen-bond acceptors (Lipinski definition) is 4. The minimum atomic E-state index is -0.356. The number of rotatable bonds is 2. The van der Waals surface area contributed by atoms with Crippen LogP contribution in [0.5, 0.6) is 11.5 Å². The van der Waals surface area contributed by atoms with Crippen LogP contribution >= 0.6 is 0 Å². The number of nitrogens with two attached hydrogens (primary N) is 1. The summed E-state index contributed by atoms with van der Waals surface area (Å²) in [6.45, 7) is 3.12. The van der Waals surface area contributed by atoms with Crippen molar-refractivity contribution in [2.24, 2.45) is 11.7 Å². The van der Waals surface area contributed by atoms with Crippen LogP contribution in [0.25, 0.3) is 0 Å². The number of para-hydroxylation sites is 1. The summed E-state index contributed by atoms with van der Waals surface area (Å²) in [5.74, 6) is -0.579. The van der Waals surface area contributed by atoms with E-state index in [1.807, 2.05) is 6.92 Å². The monoisotopic (exact) mass is 250 g/mol. The Hall–Kier alpha value is -1.75. The van der Waals surface area contributed by atoms with Crippen LogP contribution in [0.4, 0.5) is 0 Å². The maximum Gasteiger partial charge on any atom is 0.258 e. The number of phenols is 2. The van der Waals surface area contributed by atoms with Gasteiger partial charge in [0.2, 0.25) is 0 Å². The third-order valence-corrected chi connectivity index (χ3v) is 3.50. The first kappa shape index (κ1) is 12.7. The Morgan fingerprint density at radius 3 is 2.83 bits per heavy atom. The molecular formula is C13H18N2O3. The summed E-state index contributed by atoms with van der Waals surface area (Å²) < 4.78 is 0. The molecule has 98 valence electrons. The topological polar surface area (TPSA) is 86.8 Å². The molecule has 1 saturated heterocycles. The summed E-state index contributed by atoms with van der Waals surface area (Å²) in [4.78, 5) is 14.0. The fraction of sp³-hybridized carbons (Fsp3) is 0.462. The molecular weight excluding hydrogens is 232 g/mol. The van der Waals surface area contributed by atoms with Crippen LogP contribution in [0.15, 0.2) is 18.2 Å². The van der Waals surface area contributed by atoms with E-state index < -0.39 is 0 Å². The molecule has 0 bridgehead atoms. The fourth-order valence-corrected chi connectivity index (χ4v) is 2.45. The molecule has 1 aliphatic heterocycles. The van der Waals surface area contributed by atoms with Gasteiger partial charge in [-0.1, -0.05) is 6.07 Å². The lowest BCUT2D eigenvalue weighted by Crippen LogP contribution is -2.34. The van der Waals surface area contributed by atoms with Gasteiger partial charge in [0.15, 0.2) is 11.5 Å². The molecule has 1 amide bonds. The molecule has 18 heavy (non-hydrogen) atoms. The van der Waals surface area contributed by atoms with Crippen LogP contribution < -0.4 is 5.73 Å². The molecule has 2 unspecified atom stereocenters. The van der Waals surface area contributed by atoms with Gasteiger partial charge in [-0.15, -0.1) is 0 Å². The molecule has 0 saturated carbocycles. The van der Waals surface area contributed by atoms with Crippen molar-refractivity contribution in [2.45, 2.75) is 19.4 Å². The first-order valence-corrected chi connectivity index (χ1v) is 6.06. The number of benzene rings is 1. The molecule has 5 heteroatoms. The van der Waals surface area contributed by atoms with E-state index in [0.717, 1.165) is 6.42 Å². The smallest absolute Gasteiger partial charge is 0.258 e. The zero-order valence-electron chi connectivity index (χ0n) is 10.3. The molecule has 4 N–H and O–H groups in total. The van der Waals surface area contributed by atoms with E-state index in [1.165, 1.54) is 12.1 Å². The van der Waals surface area contributed by atoms with Gasteiger partial charge in [0.1, 0.15) is 0 Å². The van der Waals surface area contributed by atoms with E-state index in [0.29, 0.717) is 19.0 Å². The van der Waals surface area contributed by atoms with Crippen LogP contribution in [-0.4, -0.2) is 40.2 Å². The number of nitrogens with zero attached hydrogens (tertiary/aromatic N) is 1. The van der Waals surface area contributed by atoms with E-state index in [9.17, 15) is 15.0 Å². The highest BCUT2D eigenvalue weighted by Crippen LogP contribution is 2.31. The normalized spacial score (nSPS) is 23.3. The average molecular weight is 250 g/mol. The van der Waals surface area contributed by atoms with Crippen LogP contribution in [-0.2, 0) is 0 Å². The quantitative estimate of drug-likeness (QED) is 0.681. The van der Waals surface area contributed by atoms with Crippen LogP contribution in [0.1, 0.15) is 23.7 Å². The number of amides is 1. The van der Waals surface area contributed by atoms with Crippen molar-refractivity contribution in [3.8, 4) is 11.5 Å². The first-order valence-electron chi connectivity index (χ1n) is 6.06. The van der Waals surface area contributed by atoms with Crippen molar-refractivity contribution in [2.75, 3.05) is 13.1 Å². The summed E-state index contributed by atoms with van der Waals surface area (Å²) in [5.41, 5.74) is 5.76. The molecule has 1 aromatic carbocycles. The molecule has 1 aliphatic rings. The van der Waals surface area contributed by atoms with Crippen molar-refractivity contribution < 1.29 is 15.0 Å². The molecule has 1 heterocycles. The highest BCUT2D eigenvalue weighted by molar-refractivity contribution is 5.98. The fourth-order valence-electron chi connectivity index (χ4n) is 2.45. The maximum absolute atomic E-state index is 12.3. The van der Waals surface area contributed by atoms with Crippen molar-refractivity contribution in [1.29, 1.82) is 0 Å². The molecule has 0 radical (unpaired) electrons. The molecule has 0 aliphatic carbocycles. The summed E-state index contributed by atoms with van der Waals surface area (Å²) in [6.07, 6.45) is 0.877. The minimum Gasteiger partial charge on any atom is -0.504 e. The Morgan fingerprint density at radius 1 is 1.50 bits per heavy atom. The summed E-state index contributed by atoms with van der Waals surface area (Å²) in [6, 6.07) is 4.51. The SMILES string of the molecule is CC1CC(CN)CN1C(=O)c1cccc(O)c1O. The molecule has 1 aromatic rings. The minimum absolute atomic E-state index is 0.104. The second kappa shape index (κ2) is 4.86. The van der Waals surface area contributed by atoms with Gasteiger partial charge in [0.25, 0.3) is 5.91 Å². The van der Waals surface area contributed by atoms with E-state index in [2.05, 4.69) is 0 Å². The van der Waals surface area contributed by atoms with Crippen LogP contribution in [0.2, 0.25) is 0 Å². The zero-order valence-corrected chi connectivity index (χ0v) is 10.3. The summed E-state index contributed by atoms with van der Waals surface area (Å²) in [7, 11) is 0. The molecule has 2 rings (SSSR count). The Morgan fingerprint density at radius 2 is 2.22 bits per heavy atom. The lowest BCUT2D eigenvalue weighted by atomic mass is 10.1. The Labute approximate surface area is 106 Å². The summed E-state index contributed by atoms with van der Waals surface area (Å²) in [5, 5.41) is 19.1. The van der Waals surface area contributed by atoms with Gasteiger partial charge in [-0.2, -0.15) is 0 Å². The first-order chi connectivity index (χ1) is 8.54. The van der Waals surface area contributed by atoms with Crippen molar-refractivity contribution in [3.05, 3.63) is 23.8 Å². The van der Waals surface area contributed by atoms with Crippen molar-refractivity contribution >= 4 is 5.91 Å². The van der Waals surface area contributed by atoms with E-state index >= 15 is 0 Å². The van der Waals surface area contributed by atoms with E-state index in [4.69, 9.17) is 5.73 Å². The predicted molar refractivity (Wildman–Crippen MR) is 67.4 cm³/mol. The molecule has 1 fully saturated rings. The van der Waals surface area contributed by atoms with Gasteiger partial charge in [-0.05, 0) is 37.9 Å². The highest BCUT2D eigenvalue weighted by Gasteiger charge is 2.33. The number of carbonyl (C=O) groups excluding carboxylic acids is 1. The van der Waals surface area contributed by atoms with Gasteiger partial charge in [0.05, 0.1) is 5.56 Å². The number of likely N-dealkylation sites (tertiary alicyclic amines) is 1. The van der Waals surface area contributed by atoms with Crippen molar-refractivity contribution in [3.63, 3.8) is 0 Å². The average Bonchev–Trinajstić information content (AvgIpc) is 2.73. The van der Waals surface area contributed by atoms with Gasteiger partial charge in [-0.25, -0.2) is 0 Å². The van der Waals surface area contributed by atoms with E-state index in [1.54, 1.807) is 11.0 Å².